The van der Waals surface area contributed by atoms with Crippen LogP contribution < -0.4 is 14.8 Å². The summed E-state index contributed by atoms with van der Waals surface area (Å²) in [5.41, 5.74) is 2.19. The molecular formula is C18H23NO3. The van der Waals surface area contributed by atoms with Crippen molar-refractivity contribution in [3.8, 4) is 11.5 Å². The monoisotopic (exact) mass is 301 g/mol. The molecule has 0 amide bonds. The molecule has 0 aliphatic rings. The summed E-state index contributed by atoms with van der Waals surface area (Å²) in [6.07, 6.45) is 0.176. The lowest BCUT2D eigenvalue weighted by Gasteiger charge is -2.12. The summed E-state index contributed by atoms with van der Waals surface area (Å²) in [4.78, 5) is 0. The van der Waals surface area contributed by atoms with Gasteiger partial charge in [0.2, 0.25) is 0 Å². The highest BCUT2D eigenvalue weighted by molar-refractivity contribution is 5.47. The lowest BCUT2D eigenvalue weighted by molar-refractivity contribution is 0.201. The van der Waals surface area contributed by atoms with Gasteiger partial charge in [0, 0.05) is 12.2 Å². The van der Waals surface area contributed by atoms with Gasteiger partial charge in [-0.05, 0) is 55.8 Å². The summed E-state index contributed by atoms with van der Waals surface area (Å²) in [6.45, 7) is 5.10. The lowest BCUT2D eigenvalue weighted by atomic mass is 10.2. The summed E-state index contributed by atoms with van der Waals surface area (Å²) < 4.78 is 11.0. The molecule has 2 N–H and O–H groups in total. The number of ether oxygens (including phenoxy) is 2. The molecule has 0 bridgehead atoms. The Bertz CT molecular complexity index is 567. The van der Waals surface area contributed by atoms with Crippen LogP contribution in [0.5, 0.6) is 11.5 Å². The van der Waals surface area contributed by atoms with E-state index in [0.29, 0.717) is 6.61 Å². The Hall–Kier alpha value is -2.20. The van der Waals surface area contributed by atoms with Gasteiger partial charge in [-0.25, -0.2) is 0 Å². The third-order valence-electron chi connectivity index (χ3n) is 2.98. The zero-order valence-electron chi connectivity index (χ0n) is 13.1. The molecule has 0 atom stereocenters. The Balaban J connectivity index is 1.89. The van der Waals surface area contributed by atoms with Crippen LogP contribution in [0.15, 0.2) is 48.5 Å². The van der Waals surface area contributed by atoms with Gasteiger partial charge in [-0.1, -0.05) is 12.1 Å². The highest BCUT2D eigenvalue weighted by atomic mass is 16.5. The van der Waals surface area contributed by atoms with E-state index in [1.165, 1.54) is 5.56 Å². The number of rotatable bonds is 8. The fourth-order valence-corrected chi connectivity index (χ4v) is 2.04. The fourth-order valence-electron chi connectivity index (χ4n) is 2.04. The first-order chi connectivity index (χ1) is 10.7. The predicted molar refractivity (Wildman–Crippen MR) is 88.6 cm³/mol. The quantitative estimate of drug-likeness (QED) is 0.784. The van der Waals surface area contributed by atoms with Crippen LogP contribution in [0, 0.1) is 0 Å². The summed E-state index contributed by atoms with van der Waals surface area (Å²) in [5, 5.41) is 12.1. The number of aliphatic hydroxyl groups is 1. The van der Waals surface area contributed by atoms with Crippen LogP contribution in [0.4, 0.5) is 5.69 Å². The Morgan fingerprint density at radius 2 is 1.82 bits per heavy atom. The molecule has 0 fully saturated rings. The Morgan fingerprint density at radius 3 is 2.50 bits per heavy atom. The van der Waals surface area contributed by atoms with Crippen molar-refractivity contribution < 1.29 is 14.6 Å². The minimum atomic E-state index is 0.0226. The third-order valence-corrected chi connectivity index (χ3v) is 2.98. The van der Waals surface area contributed by atoms with Crippen LogP contribution in [0.3, 0.4) is 0 Å². The smallest absolute Gasteiger partial charge is 0.120 e. The summed E-state index contributed by atoms with van der Waals surface area (Å²) >= 11 is 0. The second-order valence-corrected chi connectivity index (χ2v) is 5.26. The molecular weight excluding hydrogens is 278 g/mol. The van der Waals surface area contributed by atoms with Crippen LogP contribution in [-0.4, -0.2) is 24.4 Å². The van der Waals surface area contributed by atoms with E-state index >= 15 is 0 Å². The van der Waals surface area contributed by atoms with Gasteiger partial charge >= 0.3 is 0 Å². The van der Waals surface area contributed by atoms with E-state index in [2.05, 4.69) is 11.4 Å². The van der Waals surface area contributed by atoms with Crippen LogP contribution in [0.1, 0.15) is 19.4 Å². The van der Waals surface area contributed by atoms with Gasteiger partial charge in [0.05, 0.1) is 12.7 Å². The van der Waals surface area contributed by atoms with E-state index in [0.717, 1.165) is 23.7 Å². The molecule has 22 heavy (non-hydrogen) atoms. The van der Waals surface area contributed by atoms with Crippen molar-refractivity contribution in [3.05, 3.63) is 54.1 Å². The molecule has 0 saturated heterocycles. The molecule has 2 aromatic rings. The summed E-state index contributed by atoms with van der Waals surface area (Å²) in [6, 6.07) is 15.8. The Kier molecular flexibility index (Phi) is 6.10. The molecule has 118 valence electrons. The molecule has 4 nitrogen and oxygen atoms in total. The van der Waals surface area contributed by atoms with Crippen molar-refractivity contribution in [2.75, 3.05) is 18.5 Å². The van der Waals surface area contributed by atoms with Crippen LogP contribution >= 0.6 is 0 Å². The number of hydrogen-bond donors (Lipinski definition) is 2. The minimum Gasteiger partial charge on any atom is -0.491 e. The average Bonchev–Trinajstić information content (AvgIpc) is 2.52. The molecule has 0 heterocycles. The van der Waals surface area contributed by atoms with Gasteiger partial charge < -0.3 is 19.9 Å². The first kappa shape index (κ1) is 16.2. The van der Waals surface area contributed by atoms with Crippen LogP contribution in [-0.2, 0) is 6.54 Å². The molecule has 2 aromatic carbocycles. The van der Waals surface area contributed by atoms with E-state index in [9.17, 15) is 0 Å². The van der Waals surface area contributed by atoms with Crippen molar-refractivity contribution in [2.24, 2.45) is 0 Å². The van der Waals surface area contributed by atoms with Crippen molar-refractivity contribution >= 4 is 5.69 Å². The van der Waals surface area contributed by atoms with Crippen molar-refractivity contribution in [2.45, 2.75) is 26.5 Å². The van der Waals surface area contributed by atoms with E-state index in [1.807, 2.05) is 56.3 Å². The lowest BCUT2D eigenvalue weighted by Crippen LogP contribution is -2.06. The van der Waals surface area contributed by atoms with Gasteiger partial charge in [-0.2, -0.15) is 0 Å². The van der Waals surface area contributed by atoms with Gasteiger partial charge in [0.1, 0.15) is 18.1 Å². The van der Waals surface area contributed by atoms with E-state index < -0.39 is 0 Å². The normalized spacial score (nSPS) is 10.5. The maximum Gasteiger partial charge on any atom is 0.120 e. The summed E-state index contributed by atoms with van der Waals surface area (Å²) in [7, 11) is 0. The molecule has 0 aromatic heterocycles. The topological polar surface area (TPSA) is 50.7 Å². The first-order valence-electron chi connectivity index (χ1n) is 7.50. The third kappa shape index (κ3) is 5.30. The maximum absolute atomic E-state index is 8.72. The zero-order chi connectivity index (χ0) is 15.8. The predicted octanol–water partition coefficient (Wildman–Crippen LogP) is 3.46. The van der Waals surface area contributed by atoms with E-state index in [4.69, 9.17) is 14.6 Å². The SMILES string of the molecule is CC(C)Oc1cccc(CNc2ccc(OCCO)cc2)c1. The van der Waals surface area contributed by atoms with Gasteiger partial charge in [-0.15, -0.1) is 0 Å². The highest BCUT2D eigenvalue weighted by Gasteiger charge is 2.00. The Labute approximate surface area is 131 Å². The fraction of sp³-hybridized carbons (Fsp3) is 0.333. The molecule has 0 aliphatic heterocycles. The molecule has 4 heteroatoms. The van der Waals surface area contributed by atoms with Crippen LogP contribution in [0.2, 0.25) is 0 Å². The van der Waals surface area contributed by atoms with Crippen molar-refractivity contribution in [1.82, 2.24) is 0 Å². The zero-order valence-corrected chi connectivity index (χ0v) is 13.1. The van der Waals surface area contributed by atoms with Crippen molar-refractivity contribution in [3.63, 3.8) is 0 Å². The Morgan fingerprint density at radius 1 is 1.05 bits per heavy atom. The molecule has 2 rings (SSSR count). The summed E-state index contributed by atoms with van der Waals surface area (Å²) in [5.74, 6) is 1.65. The van der Waals surface area contributed by atoms with Gasteiger partial charge in [-0.3, -0.25) is 0 Å². The minimum absolute atomic E-state index is 0.0226. The molecule has 0 aliphatic carbocycles. The first-order valence-corrected chi connectivity index (χ1v) is 7.50. The van der Waals surface area contributed by atoms with Gasteiger partial charge in [0.15, 0.2) is 0 Å². The number of anilines is 1. The molecule has 0 saturated carbocycles. The van der Waals surface area contributed by atoms with Gasteiger partial charge in [0.25, 0.3) is 0 Å². The number of hydrogen-bond acceptors (Lipinski definition) is 4. The van der Waals surface area contributed by atoms with Crippen LogP contribution in [0.25, 0.3) is 0 Å². The van der Waals surface area contributed by atoms with E-state index in [1.54, 1.807) is 0 Å². The largest absolute Gasteiger partial charge is 0.491 e. The van der Waals surface area contributed by atoms with Crippen molar-refractivity contribution in [1.29, 1.82) is 0 Å². The number of aliphatic hydroxyl groups excluding tert-OH is 1. The molecule has 0 spiro atoms. The average molecular weight is 301 g/mol. The second-order valence-electron chi connectivity index (χ2n) is 5.26. The second kappa shape index (κ2) is 8.29. The number of benzene rings is 2. The van der Waals surface area contributed by atoms with E-state index in [-0.39, 0.29) is 12.7 Å². The standard InChI is InChI=1S/C18H23NO3/c1-14(2)22-18-5-3-4-15(12-18)13-19-16-6-8-17(9-7-16)21-11-10-20/h3-9,12,14,19-20H,10-11,13H2,1-2H3. The number of nitrogens with one attached hydrogen (secondary N) is 1. The molecule has 0 unspecified atom stereocenters. The highest BCUT2D eigenvalue weighted by Crippen LogP contribution is 2.18. The molecule has 0 radical (unpaired) electrons. The maximum atomic E-state index is 8.72.